The predicted octanol–water partition coefficient (Wildman–Crippen LogP) is 4.68. The number of sulfonamides is 1. The van der Waals surface area contributed by atoms with Crippen LogP contribution in [0.5, 0.6) is 0 Å². The number of halogens is 2. The molecule has 1 fully saturated rings. The summed E-state index contributed by atoms with van der Waals surface area (Å²) < 4.78 is 33.0. The molecule has 0 aromatic heterocycles. The molecular formula is C23H28Cl2N2O4S. The Labute approximate surface area is 199 Å². The summed E-state index contributed by atoms with van der Waals surface area (Å²) in [6.45, 7) is 3.61. The second kappa shape index (κ2) is 11.5. The van der Waals surface area contributed by atoms with Crippen LogP contribution in [0.2, 0.25) is 10.0 Å². The molecule has 1 amide bonds. The molecule has 1 unspecified atom stereocenters. The van der Waals surface area contributed by atoms with Crippen molar-refractivity contribution in [3.63, 3.8) is 0 Å². The smallest absolute Gasteiger partial charge is 0.244 e. The Bertz CT molecular complexity index is 1010. The third kappa shape index (κ3) is 6.45. The van der Waals surface area contributed by atoms with Gasteiger partial charge in [-0.05, 0) is 49.9 Å². The lowest BCUT2D eigenvalue weighted by molar-refractivity contribution is -0.126. The molecule has 1 heterocycles. The van der Waals surface area contributed by atoms with E-state index < -0.39 is 10.0 Å². The number of hydrogen-bond acceptors (Lipinski definition) is 4. The van der Waals surface area contributed by atoms with E-state index in [1.165, 1.54) is 16.4 Å². The number of rotatable bonds is 9. The number of nitrogens with one attached hydrogen (secondary N) is 1. The molecule has 174 valence electrons. The standard InChI is InChI=1S/C23H28Cl2N2O4S/c1-17(18-6-3-2-4-7-18)31-15-5-12-26-23(28)19-10-13-27(14-11-19)32(29,30)22-16-20(24)8-9-21(22)25/h2-4,6-9,16-17,19H,5,10-15H2,1H3,(H,26,28). The normalized spacial score (nSPS) is 16.6. The number of nitrogens with zero attached hydrogens (tertiary/aromatic N) is 1. The van der Waals surface area contributed by atoms with Crippen molar-refractivity contribution in [3.05, 3.63) is 64.1 Å². The molecule has 0 saturated carbocycles. The highest BCUT2D eigenvalue weighted by Crippen LogP contribution is 2.30. The van der Waals surface area contributed by atoms with Crippen molar-refractivity contribution in [1.29, 1.82) is 0 Å². The van der Waals surface area contributed by atoms with E-state index in [4.69, 9.17) is 27.9 Å². The molecule has 0 bridgehead atoms. The Morgan fingerprint density at radius 2 is 1.84 bits per heavy atom. The summed E-state index contributed by atoms with van der Waals surface area (Å²) in [5, 5.41) is 3.39. The summed E-state index contributed by atoms with van der Waals surface area (Å²) in [5.41, 5.74) is 1.12. The molecule has 1 atom stereocenters. The molecule has 6 nitrogen and oxygen atoms in total. The zero-order valence-corrected chi connectivity index (χ0v) is 20.3. The summed E-state index contributed by atoms with van der Waals surface area (Å²) in [7, 11) is -3.75. The zero-order valence-electron chi connectivity index (χ0n) is 18.0. The van der Waals surface area contributed by atoms with Crippen molar-refractivity contribution in [1.82, 2.24) is 9.62 Å². The molecule has 1 aliphatic rings. The second-order valence-corrected chi connectivity index (χ2v) is 10.6. The van der Waals surface area contributed by atoms with Gasteiger partial charge in [0.05, 0.1) is 11.1 Å². The lowest BCUT2D eigenvalue weighted by Crippen LogP contribution is -2.43. The molecular weight excluding hydrogens is 471 g/mol. The van der Waals surface area contributed by atoms with Gasteiger partial charge in [0.15, 0.2) is 0 Å². The molecule has 0 radical (unpaired) electrons. The second-order valence-electron chi connectivity index (χ2n) is 7.82. The Balaban J connectivity index is 1.40. The maximum absolute atomic E-state index is 12.9. The van der Waals surface area contributed by atoms with Crippen LogP contribution >= 0.6 is 23.2 Å². The van der Waals surface area contributed by atoms with Gasteiger partial charge in [0.1, 0.15) is 4.90 Å². The molecule has 1 aliphatic heterocycles. The summed E-state index contributed by atoms with van der Waals surface area (Å²) in [4.78, 5) is 12.5. The zero-order chi connectivity index (χ0) is 23.1. The SMILES string of the molecule is CC(OCCCNC(=O)C1CCN(S(=O)(=O)c2cc(Cl)ccc2Cl)CC1)c1ccccc1. The number of piperidine rings is 1. The van der Waals surface area contributed by atoms with Crippen LogP contribution in [0.3, 0.4) is 0 Å². The Hall–Kier alpha value is -1.64. The van der Waals surface area contributed by atoms with Gasteiger partial charge in [-0.2, -0.15) is 4.31 Å². The molecule has 0 spiro atoms. The van der Waals surface area contributed by atoms with Gasteiger partial charge in [-0.3, -0.25) is 4.79 Å². The monoisotopic (exact) mass is 498 g/mol. The molecule has 2 aromatic rings. The minimum absolute atomic E-state index is 0.000649. The van der Waals surface area contributed by atoms with E-state index in [1.807, 2.05) is 37.3 Å². The van der Waals surface area contributed by atoms with E-state index in [0.29, 0.717) is 37.4 Å². The van der Waals surface area contributed by atoms with Crippen LogP contribution in [0.25, 0.3) is 0 Å². The van der Waals surface area contributed by atoms with Crippen LogP contribution in [0.1, 0.15) is 37.9 Å². The third-order valence-corrected chi connectivity index (χ3v) is 8.21. The number of carbonyl (C=O) groups excluding carboxylic acids is 1. The van der Waals surface area contributed by atoms with E-state index in [9.17, 15) is 13.2 Å². The fourth-order valence-electron chi connectivity index (χ4n) is 3.68. The Morgan fingerprint density at radius 1 is 1.16 bits per heavy atom. The van der Waals surface area contributed by atoms with Gasteiger partial charge in [0.2, 0.25) is 15.9 Å². The van der Waals surface area contributed by atoms with Gasteiger partial charge in [-0.25, -0.2) is 8.42 Å². The van der Waals surface area contributed by atoms with E-state index in [2.05, 4.69) is 5.32 Å². The van der Waals surface area contributed by atoms with E-state index in [-0.39, 0.29) is 40.9 Å². The third-order valence-electron chi connectivity index (χ3n) is 5.59. The highest BCUT2D eigenvalue weighted by atomic mass is 35.5. The molecule has 32 heavy (non-hydrogen) atoms. The van der Waals surface area contributed by atoms with Crippen LogP contribution in [0.4, 0.5) is 0 Å². The first-order valence-corrected chi connectivity index (χ1v) is 12.9. The maximum Gasteiger partial charge on any atom is 0.244 e. The van der Waals surface area contributed by atoms with Crippen molar-refractivity contribution >= 4 is 39.1 Å². The molecule has 2 aromatic carbocycles. The predicted molar refractivity (Wildman–Crippen MR) is 126 cm³/mol. The largest absolute Gasteiger partial charge is 0.374 e. The van der Waals surface area contributed by atoms with E-state index in [0.717, 1.165) is 5.56 Å². The first-order chi connectivity index (χ1) is 15.3. The van der Waals surface area contributed by atoms with Crippen molar-refractivity contribution in [2.45, 2.75) is 37.2 Å². The maximum atomic E-state index is 12.9. The summed E-state index contributed by atoms with van der Waals surface area (Å²) in [5.74, 6) is -0.251. The van der Waals surface area contributed by atoms with Crippen LogP contribution in [-0.2, 0) is 19.6 Å². The van der Waals surface area contributed by atoms with Gasteiger partial charge in [-0.15, -0.1) is 0 Å². The lowest BCUT2D eigenvalue weighted by atomic mass is 9.97. The van der Waals surface area contributed by atoms with Crippen molar-refractivity contribution in [2.75, 3.05) is 26.2 Å². The van der Waals surface area contributed by atoms with E-state index in [1.54, 1.807) is 6.07 Å². The van der Waals surface area contributed by atoms with Crippen LogP contribution in [0, 0.1) is 5.92 Å². The van der Waals surface area contributed by atoms with Gasteiger partial charge in [0.25, 0.3) is 0 Å². The fourth-order valence-corrected chi connectivity index (χ4v) is 5.89. The first-order valence-electron chi connectivity index (χ1n) is 10.7. The number of benzene rings is 2. The van der Waals surface area contributed by atoms with Gasteiger partial charge < -0.3 is 10.1 Å². The van der Waals surface area contributed by atoms with Crippen LogP contribution < -0.4 is 5.32 Å². The summed E-state index contributed by atoms with van der Waals surface area (Å²) in [6.07, 6.45) is 1.64. The van der Waals surface area contributed by atoms with Crippen LogP contribution in [0.15, 0.2) is 53.4 Å². The number of carbonyl (C=O) groups is 1. The summed E-state index contributed by atoms with van der Waals surface area (Å²) in [6, 6.07) is 14.4. The molecule has 9 heteroatoms. The topological polar surface area (TPSA) is 75.7 Å². The Kier molecular flexibility index (Phi) is 8.96. The minimum atomic E-state index is -3.75. The molecule has 1 N–H and O–H groups in total. The van der Waals surface area contributed by atoms with Gasteiger partial charge in [0, 0.05) is 37.2 Å². The number of ether oxygens (including phenoxy) is 1. The van der Waals surface area contributed by atoms with Crippen molar-refractivity contribution in [3.8, 4) is 0 Å². The highest BCUT2D eigenvalue weighted by molar-refractivity contribution is 7.89. The molecule has 3 rings (SSSR count). The molecule has 1 saturated heterocycles. The van der Waals surface area contributed by atoms with Gasteiger partial charge in [-0.1, -0.05) is 53.5 Å². The number of hydrogen-bond donors (Lipinski definition) is 1. The molecule has 0 aliphatic carbocycles. The lowest BCUT2D eigenvalue weighted by Gasteiger charge is -2.30. The van der Waals surface area contributed by atoms with Crippen molar-refractivity contribution in [2.24, 2.45) is 5.92 Å². The van der Waals surface area contributed by atoms with Gasteiger partial charge >= 0.3 is 0 Å². The first kappa shape index (κ1) is 25.0. The Morgan fingerprint density at radius 3 is 2.53 bits per heavy atom. The van der Waals surface area contributed by atoms with Crippen molar-refractivity contribution < 1.29 is 17.9 Å². The summed E-state index contributed by atoms with van der Waals surface area (Å²) >= 11 is 12.0. The highest BCUT2D eigenvalue weighted by Gasteiger charge is 2.33. The average molecular weight is 499 g/mol. The van der Waals surface area contributed by atoms with E-state index >= 15 is 0 Å². The fraction of sp³-hybridized carbons (Fsp3) is 0.435. The quantitative estimate of drug-likeness (QED) is 0.509. The average Bonchev–Trinajstić information content (AvgIpc) is 2.80. The minimum Gasteiger partial charge on any atom is -0.374 e. The van der Waals surface area contributed by atoms with Crippen LogP contribution in [-0.4, -0.2) is 44.9 Å². The number of amides is 1.